The Morgan fingerprint density at radius 2 is 2.00 bits per heavy atom. The number of aromatic nitrogens is 2. The van der Waals surface area contributed by atoms with E-state index in [9.17, 15) is 9.59 Å². The molecule has 0 radical (unpaired) electrons. The van der Waals surface area contributed by atoms with Crippen LogP contribution in [0.15, 0.2) is 12.4 Å². The van der Waals surface area contributed by atoms with E-state index >= 15 is 0 Å². The van der Waals surface area contributed by atoms with Gasteiger partial charge in [0.15, 0.2) is 6.29 Å². The summed E-state index contributed by atoms with van der Waals surface area (Å²) in [7, 11) is 0. The van der Waals surface area contributed by atoms with Crippen LogP contribution in [0.2, 0.25) is 0 Å². The maximum absolute atomic E-state index is 12.0. The fraction of sp³-hybridized carbons (Fsp3) is 0.625. The Balaban J connectivity index is 1.56. The van der Waals surface area contributed by atoms with Crippen LogP contribution < -0.4 is 4.90 Å². The first-order valence-electron chi connectivity index (χ1n) is 7.80. The van der Waals surface area contributed by atoms with Crippen molar-refractivity contribution in [2.75, 3.05) is 31.1 Å². The number of hydrogen-bond donors (Lipinski definition) is 0. The third kappa shape index (κ3) is 3.28. The number of ether oxygens (including phenoxy) is 1. The molecule has 23 heavy (non-hydrogen) atoms. The number of anilines is 1. The van der Waals surface area contributed by atoms with E-state index in [0.29, 0.717) is 12.0 Å². The molecule has 2 aliphatic rings. The molecule has 1 aromatic rings. The predicted molar refractivity (Wildman–Crippen MR) is 84.5 cm³/mol. The number of nitrogens with zero attached hydrogens (tertiary/aromatic N) is 4. The maximum atomic E-state index is 12.0. The largest absolute Gasteiger partial charge is 0.444 e. The van der Waals surface area contributed by atoms with Gasteiger partial charge in [-0.3, -0.25) is 4.79 Å². The average molecular weight is 318 g/mol. The van der Waals surface area contributed by atoms with E-state index in [0.717, 1.165) is 38.4 Å². The molecule has 2 fully saturated rings. The second-order valence-corrected chi connectivity index (χ2v) is 7.43. The van der Waals surface area contributed by atoms with E-state index in [1.807, 2.05) is 20.8 Å². The number of hydrogen-bond acceptors (Lipinski definition) is 6. The highest BCUT2D eigenvalue weighted by Gasteiger charge is 2.50. The topological polar surface area (TPSA) is 75.6 Å². The van der Waals surface area contributed by atoms with Gasteiger partial charge in [-0.15, -0.1) is 0 Å². The number of likely N-dealkylation sites (tertiary alicyclic amines) is 1. The summed E-state index contributed by atoms with van der Waals surface area (Å²) in [6, 6.07) is 0. The summed E-state index contributed by atoms with van der Waals surface area (Å²) in [5, 5.41) is 0. The zero-order valence-electron chi connectivity index (χ0n) is 13.8. The molecule has 1 spiro atoms. The summed E-state index contributed by atoms with van der Waals surface area (Å²) >= 11 is 0. The molecule has 0 bridgehead atoms. The van der Waals surface area contributed by atoms with Crippen LogP contribution >= 0.6 is 0 Å². The van der Waals surface area contributed by atoms with Gasteiger partial charge in [0.2, 0.25) is 0 Å². The molecule has 0 atom stereocenters. The van der Waals surface area contributed by atoms with Crippen LogP contribution in [0.5, 0.6) is 0 Å². The molecule has 0 aromatic carbocycles. The fourth-order valence-corrected chi connectivity index (χ4v) is 3.16. The lowest BCUT2D eigenvalue weighted by Crippen LogP contribution is -2.60. The van der Waals surface area contributed by atoms with Crippen molar-refractivity contribution in [1.82, 2.24) is 14.9 Å². The van der Waals surface area contributed by atoms with Gasteiger partial charge in [-0.25, -0.2) is 14.8 Å². The van der Waals surface area contributed by atoms with Gasteiger partial charge in [-0.1, -0.05) is 0 Å². The van der Waals surface area contributed by atoms with E-state index in [4.69, 9.17) is 4.74 Å². The van der Waals surface area contributed by atoms with Crippen LogP contribution in [-0.2, 0) is 4.74 Å². The van der Waals surface area contributed by atoms with Gasteiger partial charge in [0.25, 0.3) is 0 Å². The highest BCUT2D eigenvalue weighted by molar-refractivity contribution is 5.71. The number of aldehydes is 1. The van der Waals surface area contributed by atoms with Gasteiger partial charge >= 0.3 is 6.09 Å². The van der Waals surface area contributed by atoms with E-state index < -0.39 is 5.60 Å². The maximum Gasteiger partial charge on any atom is 0.410 e. The molecule has 3 heterocycles. The first-order valence-corrected chi connectivity index (χ1v) is 7.80. The quantitative estimate of drug-likeness (QED) is 0.773. The lowest BCUT2D eigenvalue weighted by atomic mass is 9.79. The molecular weight excluding hydrogens is 296 g/mol. The van der Waals surface area contributed by atoms with Crippen LogP contribution in [0.25, 0.3) is 0 Å². The normalized spacial score (nSPS) is 19.6. The molecule has 0 N–H and O–H groups in total. The highest BCUT2D eigenvalue weighted by Crippen LogP contribution is 2.41. The van der Waals surface area contributed by atoms with Gasteiger partial charge < -0.3 is 14.5 Å². The predicted octanol–water partition coefficient (Wildman–Crippen LogP) is 1.74. The molecule has 3 rings (SSSR count). The van der Waals surface area contributed by atoms with E-state index in [1.165, 1.54) is 6.20 Å². The van der Waals surface area contributed by atoms with Gasteiger partial charge in [0.05, 0.1) is 12.4 Å². The first-order chi connectivity index (χ1) is 10.8. The van der Waals surface area contributed by atoms with E-state index in [2.05, 4.69) is 14.9 Å². The molecule has 0 aliphatic carbocycles. The van der Waals surface area contributed by atoms with Crippen LogP contribution in [0, 0.1) is 5.41 Å². The number of carbonyl (C=O) groups excluding carboxylic acids is 2. The van der Waals surface area contributed by atoms with Gasteiger partial charge in [-0.2, -0.15) is 0 Å². The van der Waals surface area contributed by atoms with Crippen LogP contribution in [0.4, 0.5) is 10.6 Å². The van der Waals surface area contributed by atoms with Crippen molar-refractivity contribution < 1.29 is 14.3 Å². The molecule has 7 nitrogen and oxygen atoms in total. The molecule has 0 unspecified atom stereocenters. The number of carbonyl (C=O) groups is 2. The third-order valence-electron chi connectivity index (χ3n) is 4.25. The van der Waals surface area contributed by atoms with Crippen LogP contribution in [0.3, 0.4) is 0 Å². The Morgan fingerprint density at radius 1 is 1.26 bits per heavy atom. The summed E-state index contributed by atoms with van der Waals surface area (Å²) in [6.07, 6.45) is 4.58. The zero-order chi connectivity index (χ0) is 16.7. The van der Waals surface area contributed by atoms with Crippen molar-refractivity contribution in [2.24, 2.45) is 5.41 Å². The lowest BCUT2D eigenvalue weighted by Gasteiger charge is -2.47. The Kier molecular flexibility index (Phi) is 3.74. The summed E-state index contributed by atoms with van der Waals surface area (Å²) in [4.78, 5) is 34.9. The van der Waals surface area contributed by atoms with Gasteiger partial charge in [0, 0.05) is 31.6 Å². The summed E-state index contributed by atoms with van der Waals surface area (Å²) in [5.41, 5.74) is 0.00161. The average Bonchev–Trinajstić information content (AvgIpc) is 2.89. The second kappa shape index (κ2) is 5.47. The molecule has 0 saturated carbocycles. The monoisotopic (exact) mass is 318 g/mol. The van der Waals surface area contributed by atoms with Crippen molar-refractivity contribution in [3.8, 4) is 0 Å². The highest BCUT2D eigenvalue weighted by atomic mass is 16.6. The molecule has 2 saturated heterocycles. The Morgan fingerprint density at radius 3 is 2.57 bits per heavy atom. The summed E-state index contributed by atoms with van der Waals surface area (Å²) in [6.45, 7) is 8.80. The molecule has 2 aliphatic heterocycles. The lowest BCUT2D eigenvalue weighted by molar-refractivity contribution is -0.0266. The Bertz CT molecular complexity index is 603. The third-order valence-corrected chi connectivity index (χ3v) is 4.25. The molecule has 1 amide bonds. The Labute approximate surface area is 135 Å². The van der Waals surface area contributed by atoms with Gasteiger partial charge in [0.1, 0.15) is 17.1 Å². The summed E-state index contributed by atoms with van der Waals surface area (Å²) in [5.74, 6) is 0.781. The second-order valence-electron chi connectivity index (χ2n) is 7.43. The minimum atomic E-state index is -0.461. The van der Waals surface area contributed by atoms with Crippen molar-refractivity contribution in [1.29, 1.82) is 0 Å². The molecule has 124 valence electrons. The zero-order valence-corrected chi connectivity index (χ0v) is 13.8. The van der Waals surface area contributed by atoms with E-state index in [-0.39, 0.29) is 11.5 Å². The standard InChI is InChI=1S/C16H22N4O3/c1-15(2,3)23-14(22)20-10-16(11-20)4-5-19(9-16)13-7-17-12(8-21)6-18-13/h6-8H,4-5,9-11H2,1-3H3. The first kappa shape index (κ1) is 15.7. The molecule has 1 aromatic heterocycles. The molecular formula is C16H22N4O3. The smallest absolute Gasteiger partial charge is 0.410 e. The fourth-order valence-electron chi connectivity index (χ4n) is 3.16. The van der Waals surface area contributed by atoms with Crippen molar-refractivity contribution in [3.63, 3.8) is 0 Å². The SMILES string of the molecule is CC(C)(C)OC(=O)N1CC2(CCN(c3cnc(C=O)cn3)C2)C1. The van der Waals surface area contributed by atoms with Crippen molar-refractivity contribution >= 4 is 18.2 Å². The van der Waals surface area contributed by atoms with Crippen LogP contribution in [-0.4, -0.2) is 59.0 Å². The van der Waals surface area contributed by atoms with E-state index in [1.54, 1.807) is 11.1 Å². The number of rotatable bonds is 2. The molecule has 7 heteroatoms. The minimum Gasteiger partial charge on any atom is -0.444 e. The minimum absolute atomic E-state index is 0.127. The van der Waals surface area contributed by atoms with Gasteiger partial charge in [-0.05, 0) is 27.2 Å². The summed E-state index contributed by atoms with van der Waals surface area (Å²) < 4.78 is 5.40. The number of amides is 1. The Hall–Kier alpha value is -2.18. The van der Waals surface area contributed by atoms with Crippen LogP contribution in [0.1, 0.15) is 37.7 Å². The van der Waals surface area contributed by atoms with Crippen molar-refractivity contribution in [3.05, 3.63) is 18.1 Å². The van der Waals surface area contributed by atoms with Crippen molar-refractivity contribution in [2.45, 2.75) is 32.8 Å².